The third kappa shape index (κ3) is 3.52. The molecular formula is C11H16N6O2S. The van der Waals surface area contributed by atoms with Crippen molar-refractivity contribution in [3.63, 3.8) is 0 Å². The highest BCUT2D eigenvalue weighted by Gasteiger charge is 2.18. The Morgan fingerprint density at radius 2 is 2.05 bits per heavy atom. The van der Waals surface area contributed by atoms with Crippen LogP contribution in [0.2, 0.25) is 0 Å². The summed E-state index contributed by atoms with van der Waals surface area (Å²) in [4.78, 5) is 11.7. The molecule has 0 radical (unpaired) electrons. The van der Waals surface area contributed by atoms with Gasteiger partial charge in [-0.05, 0) is 6.92 Å². The molecule has 2 aromatic heterocycles. The molecule has 0 saturated heterocycles. The standard InChI is InChI=1S/C11H16N6O2S/c1-9(7-17-4-3-13-8-17)16-20(18,19)10-5-14-11(12-2)15-6-10/h3-6,8-9,16H,7H2,1-2H3,(H,12,14,15). The van der Waals surface area contributed by atoms with Gasteiger partial charge in [-0.3, -0.25) is 0 Å². The van der Waals surface area contributed by atoms with E-state index in [9.17, 15) is 8.42 Å². The molecule has 2 rings (SSSR count). The Balaban J connectivity index is 2.05. The molecule has 0 fully saturated rings. The van der Waals surface area contributed by atoms with E-state index in [0.29, 0.717) is 12.5 Å². The number of nitrogens with zero attached hydrogens (tertiary/aromatic N) is 4. The fraction of sp³-hybridized carbons (Fsp3) is 0.364. The monoisotopic (exact) mass is 296 g/mol. The van der Waals surface area contributed by atoms with Gasteiger partial charge in [-0.2, -0.15) is 0 Å². The predicted octanol–water partition coefficient (Wildman–Crippen LogP) is 0.0818. The van der Waals surface area contributed by atoms with Gasteiger partial charge in [-0.1, -0.05) is 0 Å². The number of anilines is 1. The van der Waals surface area contributed by atoms with Crippen LogP contribution in [0.3, 0.4) is 0 Å². The molecule has 20 heavy (non-hydrogen) atoms. The summed E-state index contributed by atoms with van der Waals surface area (Å²) in [5, 5.41) is 2.73. The molecule has 0 amide bonds. The Labute approximate surface area is 117 Å². The minimum atomic E-state index is -3.62. The van der Waals surface area contributed by atoms with Crippen LogP contribution in [0.4, 0.5) is 5.95 Å². The molecule has 0 spiro atoms. The molecular weight excluding hydrogens is 280 g/mol. The number of hydrogen-bond donors (Lipinski definition) is 2. The van der Waals surface area contributed by atoms with Crippen LogP contribution in [0, 0.1) is 0 Å². The van der Waals surface area contributed by atoms with Gasteiger partial charge >= 0.3 is 0 Å². The van der Waals surface area contributed by atoms with E-state index in [1.807, 2.05) is 0 Å². The Morgan fingerprint density at radius 1 is 1.35 bits per heavy atom. The number of aromatic nitrogens is 4. The van der Waals surface area contributed by atoms with E-state index in [2.05, 4.69) is 25.0 Å². The Hall–Kier alpha value is -2.00. The molecule has 2 heterocycles. The van der Waals surface area contributed by atoms with E-state index >= 15 is 0 Å². The summed E-state index contributed by atoms with van der Waals surface area (Å²) >= 11 is 0. The summed E-state index contributed by atoms with van der Waals surface area (Å²) in [6.07, 6.45) is 7.59. The summed E-state index contributed by atoms with van der Waals surface area (Å²) in [5.41, 5.74) is 0. The van der Waals surface area contributed by atoms with E-state index in [4.69, 9.17) is 0 Å². The lowest BCUT2D eigenvalue weighted by atomic mass is 10.4. The summed E-state index contributed by atoms with van der Waals surface area (Å²) in [5.74, 6) is 0.371. The van der Waals surface area contributed by atoms with Crippen LogP contribution in [0.15, 0.2) is 36.0 Å². The van der Waals surface area contributed by atoms with E-state index in [1.165, 1.54) is 12.4 Å². The van der Waals surface area contributed by atoms with Crippen LogP contribution in [0.25, 0.3) is 0 Å². The van der Waals surface area contributed by atoms with Crippen molar-refractivity contribution in [3.05, 3.63) is 31.1 Å². The minimum Gasteiger partial charge on any atom is -0.357 e. The fourth-order valence-electron chi connectivity index (χ4n) is 1.67. The van der Waals surface area contributed by atoms with Crippen molar-refractivity contribution < 1.29 is 8.42 Å². The number of sulfonamides is 1. The van der Waals surface area contributed by atoms with E-state index in [0.717, 1.165) is 0 Å². The molecule has 0 aliphatic carbocycles. The number of rotatable bonds is 6. The topological polar surface area (TPSA) is 102 Å². The summed E-state index contributed by atoms with van der Waals surface area (Å²) in [6, 6.07) is -0.279. The third-order valence-corrected chi connectivity index (χ3v) is 4.11. The molecule has 0 aliphatic rings. The molecule has 0 aromatic carbocycles. The largest absolute Gasteiger partial charge is 0.357 e. The predicted molar refractivity (Wildman–Crippen MR) is 73.6 cm³/mol. The van der Waals surface area contributed by atoms with Gasteiger partial charge in [0.05, 0.1) is 18.7 Å². The lowest BCUT2D eigenvalue weighted by molar-refractivity contribution is 0.520. The number of imidazole rings is 1. The maximum atomic E-state index is 12.1. The average Bonchev–Trinajstić information content (AvgIpc) is 2.91. The smallest absolute Gasteiger partial charge is 0.243 e. The molecule has 0 aliphatic heterocycles. The number of hydrogen-bond acceptors (Lipinski definition) is 6. The Bertz CT molecular complexity index is 638. The zero-order valence-corrected chi connectivity index (χ0v) is 12.0. The zero-order chi connectivity index (χ0) is 14.6. The van der Waals surface area contributed by atoms with Crippen molar-refractivity contribution in [1.29, 1.82) is 0 Å². The SMILES string of the molecule is CNc1ncc(S(=O)(=O)NC(C)Cn2ccnc2)cn1. The Kier molecular flexibility index (Phi) is 4.30. The van der Waals surface area contributed by atoms with Crippen LogP contribution in [-0.2, 0) is 16.6 Å². The maximum Gasteiger partial charge on any atom is 0.243 e. The molecule has 108 valence electrons. The highest BCUT2D eigenvalue weighted by molar-refractivity contribution is 7.89. The number of nitrogens with one attached hydrogen (secondary N) is 2. The van der Waals surface area contributed by atoms with Gasteiger partial charge in [0.15, 0.2) is 0 Å². The lowest BCUT2D eigenvalue weighted by Crippen LogP contribution is -2.35. The van der Waals surface area contributed by atoms with Crippen molar-refractivity contribution in [3.8, 4) is 0 Å². The highest BCUT2D eigenvalue weighted by atomic mass is 32.2. The fourth-order valence-corrected chi connectivity index (χ4v) is 2.79. The van der Waals surface area contributed by atoms with Gasteiger partial charge in [0, 0.05) is 32.0 Å². The Morgan fingerprint density at radius 3 is 2.60 bits per heavy atom. The molecule has 9 heteroatoms. The van der Waals surface area contributed by atoms with Gasteiger partial charge in [-0.25, -0.2) is 28.1 Å². The lowest BCUT2D eigenvalue weighted by Gasteiger charge is -2.14. The average molecular weight is 296 g/mol. The summed E-state index contributed by atoms with van der Waals surface area (Å²) in [6.45, 7) is 2.27. The first kappa shape index (κ1) is 14.4. The molecule has 0 saturated carbocycles. The van der Waals surface area contributed by atoms with E-state index in [1.54, 1.807) is 37.3 Å². The van der Waals surface area contributed by atoms with Crippen molar-refractivity contribution >= 4 is 16.0 Å². The molecule has 8 nitrogen and oxygen atoms in total. The second-order valence-electron chi connectivity index (χ2n) is 4.27. The molecule has 1 atom stereocenters. The maximum absolute atomic E-state index is 12.1. The van der Waals surface area contributed by atoms with Gasteiger partial charge in [0.2, 0.25) is 16.0 Å². The first-order chi connectivity index (χ1) is 9.51. The van der Waals surface area contributed by atoms with Gasteiger partial charge < -0.3 is 9.88 Å². The molecule has 0 bridgehead atoms. The summed E-state index contributed by atoms with van der Waals surface area (Å²) in [7, 11) is -1.96. The van der Waals surface area contributed by atoms with E-state index in [-0.39, 0.29) is 10.9 Å². The second kappa shape index (κ2) is 5.97. The van der Waals surface area contributed by atoms with Gasteiger partial charge in [-0.15, -0.1) is 0 Å². The van der Waals surface area contributed by atoms with Crippen molar-refractivity contribution in [2.45, 2.75) is 24.4 Å². The molecule has 1 unspecified atom stereocenters. The van der Waals surface area contributed by atoms with Gasteiger partial charge in [0.1, 0.15) is 4.90 Å². The molecule has 2 N–H and O–H groups in total. The quantitative estimate of drug-likeness (QED) is 0.783. The van der Waals surface area contributed by atoms with Crippen molar-refractivity contribution in [2.24, 2.45) is 0 Å². The first-order valence-corrected chi connectivity index (χ1v) is 7.47. The highest BCUT2D eigenvalue weighted by Crippen LogP contribution is 2.08. The normalized spacial score (nSPS) is 13.1. The van der Waals surface area contributed by atoms with Crippen LogP contribution in [0.5, 0.6) is 0 Å². The first-order valence-electron chi connectivity index (χ1n) is 5.99. The third-order valence-electron chi connectivity index (χ3n) is 2.56. The summed E-state index contributed by atoms with van der Waals surface area (Å²) < 4.78 is 28.6. The minimum absolute atomic E-state index is 0.0361. The van der Waals surface area contributed by atoms with Crippen molar-refractivity contribution in [2.75, 3.05) is 12.4 Å². The molecule has 2 aromatic rings. The van der Waals surface area contributed by atoms with Crippen molar-refractivity contribution in [1.82, 2.24) is 24.2 Å². The van der Waals surface area contributed by atoms with Crippen LogP contribution >= 0.6 is 0 Å². The van der Waals surface area contributed by atoms with Gasteiger partial charge in [0.25, 0.3) is 0 Å². The van der Waals surface area contributed by atoms with E-state index < -0.39 is 10.0 Å². The van der Waals surface area contributed by atoms with Crippen LogP contribution in [-0.4, -0.2) is 41.0 Å². The second-order valence-corrected chi connectivity index (χ2v) is 5.99. The van der Waals surface area contributed by atoms with Crippen LogP contribution in [0.1, 0.15) is 6.92 Å². The zero-order valence-electron chi connectivity index (χ0n) is 11.2. The van der Waals surface area contributed by atoms with Crippen LogP contribution < -0.4 is 10.0 Å².